The third-order valence-electron chi connectivity index (χ3n) is 3.38. The molecule has 4 nitrogen and oxygen atoms in total. The smallest absolute Gasteiger partial charge is 0.407 e. The van der Waals surface area contributed by atoms with Gasteiger partial charge in [0, 0.05) is 12.6 Å². The number of carbonyl (C=O) groups excluding carboxylic acids is 1. The van der Waals surface area contributed by atoms with Gasteiger partial charge in [0.1, 0.15) is 0 Å². The van der Waals surface area contributed by atoms with Crippen LogP contribution in [0.5, 0.6) is 0 Å². The maximum atomic E-state index is 11.3. The highest BCUT2D eigenvalue weighted by atomic mass is 16.5. The predicted octanol–water partition coefficient (Wildman–Crippen LogP) is 1.89. The van der Waals surface area contributed by atoms with Crippen LogP contribution in [0.4, 0.5) is 4.79 Å². The Morgan fingerprint density at radius 2 is 2.31 bits per heavy atom. The molecule has 0 aromatic carbocycles. The largest absolute Gasteiger partial charge is 0.450 e. The van der Waals surface area contributed by atoms with E-state index in [1.165, 1.54) is 19.3 Å². The lowest BCUT2D eigenvalue weighted by Gasteiger charge is -2.32. The summed E-state index contributed by atoms with van der Waals surface area (Å²) in [5, 5.41) is 2.87. The first-order chi connectivity index (χ1) is 7.67. The summed E-state index contributed by atoms with van der Waals surface area (Å²) in [7, 11) is 0. The van der Waals surface area contributed by atoms with Crippen LogP contribution in [0.1, 0.15) is 39.5 Å². The van der Waals surface area contributed by atoms with Gasteiger partial charge in [0.15, 0.2) is 0 Å². The molecule has 0 aromatic heterocycles. The number of nitrogens with two attached hydrogens (primary N) is 1. The molecule has 3 N–H and O–H groups in total. The minimum Gasteiger partial charge on any atom is -0.450 e. The SMILES string of the molecule is CCOC(=O)NC(CN)C1CCCC(C)C1. The van der Waals surface area contributed by atoms with Crippen molar-refractivity contribution in [1.29, 1.82) is 0 Å². The lowest BCUT2D eigenvalue weighted by molar-refractivity contribution is 0.138. The molecule has 0 bridgehead atoms. The molecule has 3 atom stereocenters. The van der Waals surface area contributed by atoms with Crippen LogP contribution in [-0.4, -0.2) is 25.3 Å². The standard InChI is InChI=1S/C12H24N2O2/c1-3-16-12(15)14-11(8-13)10-6-4-5-9(2)7-10/h9-11H,3-8,13H2,1-2H3,(H,14,15). The van der Waals surface area contributed by atoms with Gasteiger partial charge in [0.05, 0.1) is 6.61 Å². The summed E-state index contributed by atoms with van der Waals surface area (Å²) in [6, 6.07) is 0.0711. The highest BCUT2D eigenvalue weighted by molar-refractivity contribution is 5.67. The van der Waals surface area contributed by atoms with Crippen molar-refractivity contribution in [2.45, 2.75) is 45.6 Å². The number of rotatable bonds is 4. The van der Waals surface area contributed by atoms with Crippen molar-refractivity contribution in [1.82, 2.24) is 5.32 Å². The zero-order valence-corrected chi connectivity index (χ0v) is 10.4. The number of carbonyl (C=O) groups is 1. The van der Waals surface area contributed by atoms with Gasteiger partial charge in [-0.25, -0.2) is 4.79 Å². The van der Waals surface area contributed by atoms with E-state index in [-0.39, 0.29) is 12.1 Å². The van der Waals surface area contributed by atoms with E-state index < -0.39 is 0 Å². The van der Waals surface area contributed by atoms with Crippen LogP contribution in [0.3, 0.4) is 0 Å². The molecule has 0 spiro atoms. The Labute approximate surface area is 97.9 Å². The van der Waals surface area contributed by atoms with Crippen molar-refractivity contribution in [3.63, 3.8) is 0 Å². The summed E-state index contributed by atoms with van der Waals surface area (Å²) < 4.78 is 4.89. The fourth-order valence-electron chi connectivity index (χ4n) is 2.54. The van der Waals surface area contributed by atoms with E-state index in [4.69, 9.17) is 10.5 Å². The summed E-state index contributed by atoms with van der Waals surface area (Å²) in [5.41, 5.74) is 5.72. The van der Waals surface area contributed by atoms with Gasteiger partial charge < -0.3 is 15.8 Å². The van der Waals surface area contributed by atoms with E-state index in [0.29, 0.717) is 19.1 Å². The number of hydrogen-bond acceptors (Lipinski definition) is 3. The van der Waals surface area contributed by atoms with Crippen molar-refractivity contribution in [3.05, 3.63) is 0 Å². The lowest BCUT2D eigenvalue weighted by Crippen LogP contribution is -2.46. The zero-order chi connectivity index (χ0) is 12.0. The number of alkyl carbamates (subject to hydrolysis) is 1. The van der Waals surface area contributed by atoms with E-state index in [9.17, 15) is 4.79 Å². The summed E-state index contributed by atoms with van der Waals surface area (Å²) in [6.07, 6.45) is 4.53. The second-order valence-electron chi connectivity index (χ2n) is 4.74. The van der Waals surface area contributed by atoms with Crippen molar-refractivity contribution in [2.24, 2.45) is 17.6 Å². The van der Waals surface area contributed by atoms with Gasteiger partial charge >= 0.3 is 6.09 Å². The molecule has 1 saturated carbocycles. The molecular weight excluding hydrogens is 204 g/mol. The Balaban J connectivity index is 2.43. The monoisotopic (exact) mass is 228 g/mol. The quantitative estimate of drug-likeness (QED) is 0.772. The molecule has 1 fully saturated rings. The highest BCUT2D eigenvalue weighted by Gasteiger charge is 2.27. The van der Waals surface area contributed by atoms with Crippen LogP contribution < -0.4 is 11.1 Å². The van der Waals surface area contributed by atoms with Gasteiger partial charge in [0.2, 0.25) is 0 Å². The first kappa shape index (κ1) is 13.3. The molecule has 0 aliphatic heterocycles. The second-order valence-corrected chi connectivity index (χ2v) is 4.74. The zero-order valence-electron chi connectivity index (χ0n) is 10.4. The summed E-state index contributed by atoms with van der Waals surface area (Å²) >= 11 is 0. The molecule has 16 heavy (non-hydrogen) atoms. The molecule has 1 aliphatic rings. The fourth-order valence-corrected chi connectivity index (χ4v) is 2.54. The van der Waals surface area contributed by atoms with Gasteiger partial charge in [-0.15, -0.1) is 0 Å². The molecule has 1 rings (SSSR count). The number of nitrogens with one attached hydrogen (secondary N) is 1. The maximum absolute atomic E-state index is 11.3. The molecule has 0 radical (unpaired) electrons. The molecule has 94 valence electrons. The second kappa shape index (κ2) is 6.74. The van der Waals surface area contributed by atoms with E-state index in [1.807, 2.05) is 0 Å². The van der Waals surface area contributed by atoms with Crippen LogP contribution in [0.25, 0.3) is 0 Å². The Morgan fingerprint density at radius 3 is 2.88 bits per heavy atom. The summed E-state index contributed by atoms with van der Waals surface area (Å²) in [6.45, 7) is 4.98. The first-order valence-electron chi connectivity index (χ1n) is 6.30. The van der Waals surface area contributed by atoms with Crippen LogP contribution in [0, 0.1) is 11.8 Å². The van der Waals surface area contributed by atoms with Crippen LogP contribution in [0.2, 0.25) is 0 Å². The molecule has 0 aromatic rings. The van der Waals surface area contributed by atoms with Gasteiger partial charge in [0.25, 0.3) is 0 Å². The van der Waals surface area contributed by atoms with Gasteiger partial charge in [-0.2, -0.15) is 0 Å². The molecule has 0 heterocycles. The van der Waals surface area contributed by atoms with E-state index >= 15 is 0 Å². The normalized spacial score (nSPS) is 27.2. The average Bonchev–Trinajstić information content (AvgIpc) is 2.26. The van der Waals surface area contributed by atoms with Crippen LogP contribution in [0.15, 0.2) is 0 Å². The average molecular weight is 228 g/mol. The summed E-state index contributed by atoms with van der Waals surface area (Å²) in [5.74, 6) is 1.26. The lowest BCUT2D eigenvalue weighted by atomic mass is 9.78. The van der Waals surface area contributed by atoms with Crippen molar-refractivity contribution in [3.8, 4) is 0 Å². The first-order valence-corrected chi connectivity index (χ1v) is 6.30. The fraction of sp³-hybridized carbons (Fsp3) is 0.917. The molecule has 4 heteroatoms. The molecule has 0 saturated heterocycles. The van der Waals surface area contributed by atoms with Crippen molar-refractivity contribution >= 4 is 6.09 Å². The number of hydrogen-bond donors (Lipinski definition) is 2. The summed E-state index contributed by atoms with van der Waals surface area (Å²) in [4.78, 5) is 11.3. The van der Waals surface area contributed by atoms with E-state index in [1.54, 1.807) is 6.92 Å². The third-order valence-corrected chi connectivity index (χ3v) is 3.38. The number of amides is 1. The highest BCUT2D eigenvalue weighted by Crippen LogP contribution is 2.30. The Kier molecular flexibility index (Phi) is 5.60. The van der Waals surface area contributed by atoms with E-state index in [2.05, 4.69) is 12.2 Å². The minimum absolute atomic E-state index is 0.0711. The van der Waals surface area contributed by atoms with E-state index in [0.717, 1.165) is 12.3 Å². The Hall–Kier alpha value is -0.770. The van der Waals surface area contributed by atoms with Crippen molar-refractivity contribution < 1.29 is 9.53 Å². The van der Waals surface area contributed by atoms with Gasteiger partial charge in [-0.05, 0) is 31.6 Å². The minimum atomic E-state index is -0.337. The van der Waals surface area contributed by atoms with Crippen LogP contribution in [-0.2, 0) is 4.74 Å². The molecule has 1 amide bonds. The van der Waals surface area contributed by atoms with Crippen molar-refractivity contribution in [2.75, 3.05) is 13.2 Å². The molecule has 1 aliphatic carbocycles. The molecular formula is C12H24N2O2. The Morgan fingerprint density at radius 1 is 1.56 bits per heavy atom. The predicted molar refractivity (Wildman–Crippen MR) is 64.1 cm³/mol. The van der Waals surface area contributed by atoms with Crippen LogP contribution >= 0.6 is 0 Å². The third kappa shape index (κ3) is 4.00. The number of ether oxygens (including phenoxy) is 1. The molecule has 3 unspecified atom stereocenters. The van der Waals surface area contributed by atoms with Gasteiger partial charge in [-0.3, -0.25) is 0 Å². The van der Waals surface area contributed by atoms with Gasteiger partial charge in [-0.1, -0.05) is 19.8 Å². The Bertz CT molecular complexity index is 221. The maximum Gasteiger partial charge on any atom is 0.407 e. The topological polar surface area (TPSA) is 64.3 Å².